The van der Waals surface area contributed by atoms with Crippen molar-refractivity contribution in [2.45, 2.75) is 13.2 Å². The summed E-state index contributed by atoms with van der Waals surface area (Å²) in [6.07, 6.45) is 0.783. The van der Waals surface area contributed by atoms with Crippen LogP contribution in [0.2, 0.25) is 0 Å². The molecule has 0 aliphatic rings. The molecule has 4 N–H and O–H groups in total. The van der Waals surface area contributed by atoms with Crippen LogP contribution in [-0.4, -0.2) is 16.9 Å². The van der Waals surface area contributed by atoms with Crippen LogP contribution < -0.4 is 11.5 Å². The van der Waals surface area contributed by atoms with Crippen LogP contribution in [0.5, 0.6) is 0 Å². The summed E-state index contributed by atoms with van der Waals surface area (Å²) in [5, 5.41) is 0. The highest BCUT2D eigenvalue weighted by Gasteiger charge is 2.05. The average Bonchev–Trinajstić information content (AvgIpc) is 2.54. The molecule has 0 saturated heterocycles. The van der Waals surface area contributed by atoms with E-state index in [9.17, 15) is 4.79 Å². The molecule has 0 spiro atoms. The van der Waals surface area contributed by atoms with Crippen molar-refractivity contribution in [2.75, 3.05) is 0 Å². The molecule has 0 fully saturated rings. The molecular weight excluding hydrogens is 268 g/mol. The zero-order valence-electron chi connectivity index (χ0n) is 11.4. The number of hydrogen-bond acceptors (Lipinski definition) is 4. The fraction of sp³-hybridized carbons (Fsp3) is 0.133. The minimum Gasteiger partial charge on any atom is -0.443 e. The Morgan fingerprint density at radius 1 is 1.19 bits per heavy atom. The van der Waals surface area contributed by atoms with E-state index in [2.05, 4.69) is 9.98 Å². The normalized spacial score (nSPS) is 11.2. The summed E-state index contributed by atoms with van der Waals surface area (Å²) in [4.78, 5) is 19.4. The highest BCUT2D eigenvalue weighted by molar-refractivity contribution is 6.02. The van der Waals surface area contributed by atoms with Gasteiger partial charge in [0.15, 0.2) is 0 Å². The molecule has 6 nitrogen and oxygen atoms in total. The molecule has 2 aromatic rings. The van der Waals surface area contributed by atoms with Gasteiger partial charge in [0.25, 0.3) is 0 Å². The quantitative estimate of drug-likeness (QED) is 0.655. The van der Waals surface area contributed by atoms with Gasteiger partial charge in [0.1, 0.15) is 12.4 Å². The standard InChI is InChI=1S/C15H16N4O2/c16-8-13-7-6-12(9-18-13)14(17)19-15(20)21-10-11-4-2-1-3-5-11/h1-7,9H,8,10,16H2,(H2,17,19,20). The predicted octanol–water partition coefficient (Wildman–Crippen LogP) is 1.58. The van der Waals surface area contributed by atoms with E-state index in [1.54, 1.807) is 12.1 Å². The number of carbonyl (C=O) groups excluding carboxylic acids is 1. The number of aliphatic imine (C=N–C) groups is 1. The van der Waals surface area contributed by atoms with Crippen LogP contribution in [0.25, 0.3) is 0 Å². The lowest BCUT2D eigenvalue weighted by molar-refractivity contribution is 0.151. The van der Waals surface area contributed by atoms with Crippen molar-refractivity contribution in [1.29, 1.82) is 0 Å². The molecule has 0 unspecified atom stereocenters. The van der Waals surface area contributed by atoms with Crippen molar-refractivity contribution >= 4 is 11.9 Å². The molecule has 108 valence electrons. The van der Waals surface area contributed by atoms with Crippen LogP contribution in [-0.2, 0) is 17.9 Å². The van der Waals surface area contributed by atoms with Crippen molar-refractivity contribution < 1.29 is 9.53 Å². The number of nitrogens with two attached hydrogens (primary N) is 2. The first kappa shape index (κ1) is 14.7. The van der Waals surface area contributed by atoms with Crippen LogP contribution >= 0.6 is 0 Å². The lowest BCUT2D eigenvalue weighted by atomic mass is 10.2. The summed E-state index contributed by atoms with van der Waals surface area (Å²) >= 11 is 0. The van der Waals surface area contributed by atoms with E-state index in [1.807, 2.05) is 30.3 Å². The van der Waals surface area contributed by atoms with Gasteiger partial charge in [-0.1, -0.05) is 30.3 Å². The number of nitrogens with zero attached hydrogens (tertiary/aromatic N) is 2. The van der Waals surface area contributed by atoms with Crippen LogP contribution in [0.15, 0.2) is 53.7 Å². The summed E-state index contributed by atoms with van der Waals surface area (Å²) in [5.41, 5.74) is 13.4. The lowest BCUT2D eigenvalue weighted by Gasteiger charge is -2.03. The summed E-state index contributed by atoms with van der Waals surface area (Å²) in [6, 6.07) is 12.8. The Labute approximate surface area is 122 Å². The van der Waals surface area contributed by atoms with Crippen molar-refractivity contribution in [3.8, 4) is 0 Å². The van der Waals surface area contributed by atoms with Crippen LogP contribution in [0.4, 0.5) is 4.79 Å². The summed E-state index contributed by atoms with van der Waals surface area (Å²) < 4.78 is 5.02. The molecule has 0 radical (unpaired) electrons. The fourth-order valence-electron chi connectivity index (χ4n) is 1.61. The second-order valence-corrected chi connectivity index (χ2v) is 4.28. The van der Waals surface area contributed by atoms with Gasteiger partial charge in [-0.15, -0.1) is 0 Å². The molecule has 0 saturated carbocycles. The number of pyridine rings is 1. The monoisotopic (exact) mass is 284 g/mol. The molecule has 1 aromatic carbocycles. The summed E-state index contributed by atoms with van der Waals surface area (Å²) in [6.45, 7) is 0.497. The van der Waals surface area contributed by atoms with Crippen molar-refractivity contribution in [2.24, 2.45) is 16.5 Å². The number of benzene rings is 1. The molecule has 1 aromatic heterocycles. The van der Waals surface area contributed by atoms with Gasteiger partial charge in [-0.3, -0.25) is 4.98 Å². The predicted molar refractivity (Wildman–Crippen MR) is 79.5 cm³/mol. The van der Waals surface area contributed by atoms with Gasteiger partial charge in [0.05, 0.1) is 5.69 Å². The molecule has 2 rings (SSSR count). The number of amidine groups is 1. The van der Waals surface area contributed by atoms with E-state index in [0.717, 1.165) is 11.3 Å². The molecule has 0 atom stereocenters. The third kappa shape index (κ3) is 4.39. The van der Waals surface area contributed by atoms with Gasteiger partial charge in [-0.25, -0.2) is 4.79 Å². The Morgan fingerprint density at radius 3 is 2.57 bits per heavy atom. The van der Waals surface area contributed by atoms with Crippen molar-refractivity contribution in [1.82, 2.24) is 4.98 Å². The molecule has 1 heterocycles. The second-order valence-electron chi connectivity index (χ2n) is 4.28. The zero-order chi connectivity index (χ0) is 15.1. The molecule has 0 aliphatic carbocycles. The van der Waals surface area contributed by atoms with E-state index in [4.69, 9.17) is 16.2 Å². The van der Waals surface area contributed by atoms with E-state index in [0.29, 0.717) is 12.1 Å². The van der Waals surface area contributed by atoms with E-state index < -0.39 is 6.09 Å². The number of rotatable bonds is 4. The molecule has 0 bridgehead atoms. The minimum absolute atomic E-state index is 0.0594. The molecule has 1 amide bonds. The maximum atomic E-state index is 11.6. The van der Waals surface area contributed by atoms with Crippen molar-refractivity contribution in [3.63, 3.8) is 0 Å². The van der Waals surface area contributed by atoms with Crippen LogP contribution in [0.1, 0.15) is 16.8 Å². The van der Waals surface area contributed by atoms with Crippen molar-refractivity contribution in [3.05, 3.63) is 65.5 Å². The zero-order valence-corrected chi connectivity index (χ0v) is 11.4. The maximum absolute atomic E-state index is 11.6. The van der Waals surface area contributed by atoms with Crippen LogP contribution in [0, 0.1) is 0 Å². The number of amides is 1. The van der Waals surface area contributed by atoms with Gasteiger partial charge in [-0.2, -0.15) is 4.99 Å². The Balaban J connectivity index is 1.95. The Bertz CT molecular complexity index is 624. The fourth-order valence-corrected chi connectivity index (χ4v) is 1.61. The first-order chi connectivity index (χ1) is 10.2. The highest BCUT2D eigenvalue weighted by atomic mass is 16.5. The number of hydrogen-bond donors (Lipinski definition) is 2. The topological polar surface area (TPSA) is 104 Å². The van der Waals surface area contributed by atoms with E-state index in [-0.39, 0.29) is 12.4 Å². The minimum atomic E-state index is -0.737. The molecular formula is C15H16N4O2. The average molecular weight is 284 g/mol. The van der Waals surface area contributed by atoms with Gasteiger partial charge in [0.2, 0.25) is 0 Å². The van der Waals surface area contributed by atoms with Gasteiger partial charge in [-0.05, 0) is 17.7 Å². The van der Waals surface area contributed by atoms with E-state index >= 15 is 0 Å². The Kier molecular flexibility index (Phi) is 5.00. The number of aromatic nitrogens is 1. The summed E-state index contributed by atoms with van der Waals surface area (Å²) in [5.74, 6) is 0.0594. The molecule has 0 aliphatic heterocycles. The highest BCUT2D eigenvalue weighted by Crippen LogP contribution is 2.03. The first-order valence-electron chi connectivity index (χ1n) is 6.39. The molecule has 6 heteroatoms. The van der Waals surface area contributed by atoms with Gasteiger partial charge < -0.3 is 16.2 Å². The van der Waals surface area contributed by atoms with Crippen LogP contribution in [0.3, 0.4) is 0 Å². The number of ether oxygens (including phenoxy) is 1. The number of carbonyl (C=O) groups is 1. The van der Waals surface area contributed by atoms with Gasteiger partial charge in [0, 0.05) is 18.3 Å². The largest absolute Gasteiger partial charge is 0.443 e. The smallest absolute Gasteiger partial charge is 0.435 e. The maximum Gasteiger partial charge on any atom is 0.435 e. The SMILES string of the molecule is NCc1ccc(C(N)=NC(=O)OCc2ccccc2)cn1. The summed E-state index contributed by atoms with van der Waals surface area (Å²) in [7, 11) is 0. The Morgan fingerprint density at radius 2 is 1.95 bits per heavy atom. The molecule has 21 heavy (non-hydrogen) atoms. The van der Waals surface area contributed by atoms with Gasteiger partial charge >= 0.3 is 6.09 Å². The first-order valence-corrected chi connectivity index (χ1v) is 6.39. The second kappa shape index (κ2) is 7.16. The third-order valence-electron chi connectivity index (χ3n) is 2.75. The lowest BCUT2D eigenvalue weighted by Crippen LogP contribution is -2.17. The Hall–Kier alpha value is -2.73. The van der Waals surface area contributed by atoms with E-state index in [1.165, 1.54) is 6.20 Å². The third-order valence-corrected chi connectivity index (χ3v) is 2.75.